The Morgan fingerprint density at radius 1 is 1.65 bits per heavy atom. The molecule has 0 aromatic carbocycles. The Balaban J connectivity index is 2.53. The second-order valence-electron chi connectivity index (χ2n) is 3.15. The molecule has 90 valence electrons. The van der Waals surface area contributed by atoms with Gasteiger partial charge >= 0.3 is 0 Å². The molecule has 0 fully saturated rings. The van der Waals surface area contributed by atoms with Crippen LogP contribution in [0.25, 0.3) is 0 Å². The van der Waals surface area contributed by atoms with Crippen LogP contribution in [0.1, 0.15) is 6.42 Å². The molecule has 1 heterocycles. The first-order chi connectivity index (χ1) is 8.15. The lowest BCUT2D eigenvalue weighted by atomic mass is 10.4. The zero-order valence-corrected chi connectivity index (χ0v) is 9.87. The van der Waals surface area contributed by atoms with Crippen molar-refractivity contribution >= 4 is 22.4 Å². The minimum Gasteiger partial charge on any atom is -0.396 e. The molecule has 1 atom stereocenters. The van der Waals surface area contributed by atoms with Crippen LogP contribution in [-0.2, 0) is 15.6 Å². The number of nitrogens with zero attached hydrogens (tertiary/aromatic N) is 2. The van der Waals surface area contributed by atoms with E-state index in [0.29, 0.717) is 5.69 Å². The molecule has 1 aromatic heterocycles. The summed E-state index contributed by atoms with van der Waals surface area (Å²) in [5.74, 6) is -0.587. The lowest BCUT2D eigenvalue weighted by Crippen LogP contribution is -2.29. The molecular weight excluding hydrogens is 240 g/mol. The van der Waals surface area contributed by atoms with E-state index in [1.807, 2.05) is 6.07 Å². The van der Waals surface area contributed by atoms with Gasteiger partial charge in [-0.2, -0.15) is 5.26 Å². The second-order valence-corrected chi connectivity index (χ2v) is 4.51. The van der Waals surface area contributed by atoms with E-state index in [1.165, 1.54) is 6.20 Å². The third-order valence-electron chi connectivity index (χ3n) is 1.84. The van der Waals surface area contributed by atoms with Gasteiger partial charge in [-0.15, -0.1) is 0 Å². The Kier molecular flexibility index (Phi) is 5.10. The Hall–Kier alpha value is -1.94. The van der Waals surface area contributed by atoms with E-state index >= 15 is 0 Å². The number of nitrogen functional groups attached to an aromatic ring is 1. The van der Waals surface area contributed by atoms with Gasteiger partial charge in [0, 0.05) is 12.7 Å². The molecule has 17 heavy (non-hydrogen) atoms. The standard InChI is InChI=1S/C10H12N4O2S/c11-4-2-6-13-9(15)7-17(16)10-8(12)3-1-5-14-10/h1,3,5H,2,6-7,12H2,(H,13,15). The van der Waals surface area contributed by atoms with Crippen LogP contribution in [0, 0.1) is 11.3 Å². The Labute approximate surface area is 101 Å². The van der Waals surface area contributed by atoms with E-state index in [-0.39, 0.29) is 29.7 Å². The van der Waals surface area contributed by atoms with Crippen molar-refractivity contribution in [2.75, 3.05) is 18.0 Å². The van der Waals surface area contributed by atoms with Crippen LogP contribution in [-0.4, -0.2) is 27.4 Å². The smallest absolute Gasteiger partial charge is 0.233 e. The Bertz CT molecular complexity index is 470. The van der Waals surface area contributed by atoms with E-state index < -0.39 is 10.8 Å². The molecule has 0 aliphatic rings. The fourth-order valence-electron chi connectivity index (χ4n) is 1.09. The molecule has 0 spiro atoms. The molecule has 0 radical (unpaired) electrons. The number of nitrogens with one attached hydrogen (secondary N) is 1. The highest BCUT2D eigenvalue weighted by molar-refractivity contribution is 7.85. The molecule has 0 aliphatic carbocycles. The van der Waals surface area contributed by atoms with Crippen molar-refractivity contribution in [2.45, 2.75) is 11.4 Å². The average molecular weight is 252 g/mol. The van der Waals surface area contributed by atoms with Gasteiger partial charge in [-0.25, -0.2) is 4.98 Å². The summed E-state index contributed by atoms with van der Waals surface area (Å²) in [6.45, 7) is 0.254. The summed E-state index contributed by atoms with van der Waals surface area (Å²) in [4.78, 5) is 15.2. The summed E-state index contributed by atoms with van der Waals surface area (Å²) in [7, 11) is -1.56. The summed E-state index contributed by atoms with van der Waals surface area (Å²) in [6, 6.07) is 5.10. The van der Waals surface area contributed by atoms with Crippen molar-refractivity contribution in [3.05, 3.63) is 18.3 Å². The molecule has 6 nitrogen and oxygen atoms in total. The number of carbonyl (C=O) groups is 1. The van der Waals surface area contributed by atoms with E-state index in [2.05, 4.69) is 10.3 Å². The first kappa shape index (κ1) is 13.1. The maximum atomic E-state index is 11.8. The summed E-state index contributed by atoms with van der Waals surface area (Å²) >= 11 is 0. The molecule has 0 aliphatic heterocycles. The van der Waals surface area contributed by atoms with Crippen LogP contribution in [0.2, 0.25) is 0 Å². The van der Waals surface area contributed by atoms with Gasteiger partial charge < -0.3 is 11.1 Å². The van der Waals surface area contributed by atoms with Crippen molar-refractivity contribution in [1.29, 1.82) is 5.26 Å². The van der Waals surface area contributed by atoms with E-state index in [4.69, 9.17) is 11.0 Å². The van der Waals surface area contributed by atoms with Crippen LogP contribution in [0.4, 0.5) is 5.69 Å². The number of rotatable bonds is 5. The van der Waals surface area contributed by atoms with E-state index in [0.717, 1.165) is 0 Å². The highest BCUT2D eigenvalue weighted by Crippen LogP contribution is 2.11. The number of hydrogen-bond donors (Lipinski definition) is 2. The first-order valence-electron chi connectivity index (χ1n) is 4.87. The van der Waals surface area contributed by atoms with E-state index in [9.17, 15) is 9.00 Å². The van der Waals surface area contributed by atoms with Gasteiger partial charge in [-0.1, -0.05) is 0 Å². The van der Waals surface area contributed by atoms with Crippen LogP contribution in [0.15, 0.2) is 23.4 Å². The third-order valence-corrected chi connectivity index (χ3v) is 3.13. The van der Waals surface area contributed by atoms with Gasteiger partial charge in [0.15, 0.2) is 5.03 Å². The van der Waals surface area contributed by atoms with Crippen LogP contribution in [0.3, 0.4) is 0 Å². The topological polar surface area (TPSA) is 109 Å². The largest absolute Gasteiger partial charge is 0.396 e. The molecule has 0 bridgehead atoms. The van der Waals surface area contributed by atoms with Crippen molar-refractivity contribution in [1.82, 2.24) is 10.3 Å². The predicted molar refractivity (Wildman–Crippen MR) is 63.2 cm³/mol. The van der Waals surface area contributed by atoms with Crippen LogP contribution < -0.4 is 11.1 Å². The molecule has 0 saturated heterocycles. The molecular formula is C10H12N4O2S. The molecule has 1 rings (SSSR count). The van der Waals surface area contributed by atoms with Crippen LogP contribution >= 0.6 is 0 Å². The van der Waals surface area contributed by atoms with Crippen LogP contribution in [0.5, 0.6) is 0 Å². The number of pyridine rings is 1. The number of aromatic nitrogens is 1. The van der Waals surface area contributed by atoms with Gasteiger partial charge in [0.05, 0.1) is 29.0 Å². The van der Waals surface area contributed by atoms with Gasteiger partial charge in [0.1, 0.15) is 5.75 Å². The maximum Gasteiger partial charge on any atom is 0.233 e. The van der Waals surface area contributed by atoms with Gasteiger partial charge in [0.2, 0.25) is 5.91 Å². The SMILES string of the molecule is N#CCCNC(=O)CS(=O)c1ncccc1N. The summed E-state index contributed by atoms with van der Waals surface area (Å²) in [5, 5.41) is 11.0. The van der Waals surface area contributed by atoms with E-state index in [1.54, 1.807) is 12.1 Å². The number of amides is 1. The number of hydrogen-bond acceptors (Lipinski definition) is 5. The fraction of sp³-hybridized carbons (Fsp3) is 0.300. The quantitative estimate of drug-likeness (QED) is 0.705. The minimum atomic E-state index is -1.56. The van der Waals surface area contributed by atoms with Gasteiger partial charge in [-0.05, 0) is 12.1 Å². The summed E-state index contributed by atoms with van der Waals surface area (Å²) in [6.07, 6.45) is 1.70. The molecule has 1 aromatic rings. The normalized spacial score (nSPS) is 11.5. The summed E-state index contributed by atoms with van der Waals surface area (Å²) in [5.41, 5.74) is 5.89. The molecule has 3 N–H and O–H groups in total. The molecule has 1 amide bonds. The zero-order chi connectivity index (χ0) is 12.7. The van der Waals surface area contributed by atoms with Crippen molar-refractivity contribution < 1.29 is 9.00 Å². The average Bonchev–Trinajstić information content (AvgIpc) is 2.29. The Morgan fingerprint density at radius 2 is 2.41 bits per heavy atom. The number of anilines is 1. The first-order valence-corrected chi connectivity index (χ1v) is 6.19. The number of carbonyl (C=O) groups excluding carboxylic acids is 1. The van der Waals surface area contributed by atoms with Crippen molar-refractivity contribution in [2.24, 2.45) is 0 Å². The second kappa shape index (κ2) is 6.60. The highest BCUT2D eigenvalue weighted by Gasteiger charge is 2.13. The molecule has 0 saturated carbocycles. The maximum absolute atomic E-state index is 11.8. The summed E-state index contributed by atoms with van der Waals surface area (Å²) < 4.78 is 11.8. The fourth-order valence-corrected chi connectivity index (χ4v) is 2.08. The van der Waals surface area contributed by atoms with Gasteiger partial charge in [-0.3, -0.25) is 9.00 Å². The number of nitrogens with two attached hydrogens (primary N) is 1. The zero-order valence-electron chi connectivity index (χ0n) is 9.05. The van der Waals surface area contributed by atoms with Crippen molar-refractivity contribution in [3.63, 3.8) is 0 Å². The molecule has 7 heteroatoms. The van der Waals surface area contributed by atoms with Crippen molar-refractivity contribution in [3.8, 4) is 6.07 Å². The lowest BCUT2D eigenvalue weighted by Gasteiger charge is -2.04. The number of nitriles is 1. The lowest BCUT2D eigenvalue weighted by molar-refractivity contribution is -0.118. The monoisotopic (exact) mass is 252 g/mol. The third kappa shape index (κ3) is 4.20. The predicted octanol–water partition coefficient (Wildman–Crippen LogP) is -0.199. The van der Waals surface area contributed by atoms with Gasteiger partial charge in [0.25, 0.3) is 0 Å². The minimum absolute atomic E-state index is 0.202. The Morgan fingerprint density at radius 3 is 3.06 bits per heavy atom. The molecule has 1 unspecified atom stereocenters. The highest BCUT2D eigenvalue weighted by atomic mass is 32.2.